The Labute approximate surface area is 96.1 Å². The Morgan fingerprint density at radius 3 is 2.75 bits per heavy atom. The third kappa shape index (κ3) is 2.70. The van der Waals surface area contributed by atoms with Crippen LogP contribution in [0.4, 0.5) is 0 Å². The molecule has 0 radical (unpaired) electrons. The second-order valence-electron chi connectivity index (χ2n) is 4.05. The molecule has 0 spiro atoms. The Balaban J connectivity index is 1.87. The molecule has 2 aromatic rings. The number of aromatic nitrogens is 2. The van der Waals surface area contributed by atoms with Gasteiger partial charge in [0.1, 0.15) is 0 Å². The monoisotopic (exact) mass is 215 g/mol. The number of aryl methyl sites for hydroxylation is 2. The fourth-order valence-corrected chi connectivity index (χ4v) is 1.71. The van der Waals surface area contributed by atoms with E-state index in [4.69, 9.17) is 0 Å². The standard InChI is InChI=1S/C13H17N3/c1-11-5-3-4-6-13(11)9-14-7-12-8-15-16(2)10-12/h3-6,8,10,14H,7,9H2,1-2H3. The van der Waals surface area contributed by atoms with Gasteiger partial charge in [-0.2, -0.15) is 5.10 Å². The molecule has 0 unspecified atom stereocenters. The van der Waals surface area contributed by atoms with E-state index in [2.05, 4.69) is 41.6 Å². The third-order valence-corrected chi connectivity index (χ3v) is 2.66. The van der Waals surface area contributed by atoms with Crippen LogP contribution in [-0.2, 0) is 20.1 Å². The smallest absolute Gasteiger partial charge is 0.0534 e. The number of hydrogen-bond donors (Lipinski definition) is 1. The van der Waals surface area contributed by atoms with Gasteiger partial charge in [0, 0.05) is 31.9 Å². The summed E-state index contributed by atoms with van der Waals surface area (Å²) in [6.45, 7) is 3.91. The van der Waals surface area contributed by atoms with Crippen molar-refractivity contribution < 1.29 is 0 Å². The lowest BCUT2D eigenvalue weighted by Gasteiger charge is -2.06. The molecule has 0 atom stereocenters. The SMILES string of the molecule is Cc1ccccc1CNCc1cnn(C)c1. The highest BCUT2D eigenvalue weighted by atomic mass is 15.2. The number of benzene rings is 1. The average Bonchev–Trinajstić information content (AvgIpc) is 2.67. The van der Waals surface area contributed by atoms with E-state index in [-0.39, 0.29) is 0 Å². The molecule has 0 amide bonds. The Morgan fingerprint density at radius 1 is 1.25 bits per heavy atom. The van der Waals surface area contributed by atoms with Crippen LogP contribution in [0.2, 0.25) is 0 Å². The molecule has 1 N–H and O–H groups in total. The molecular formula is C13H17N3. The first-order valence-corrected chi connectivity index (χ1v) is 5.48. The predicted molar refractivity (Wildman–Crippen MR) is 64.9 cm³/mol. The first-order chi connectivity index (χ1) is 7.75. The zero-order valence-corrected chi connectivity index (χ0v) is 9.77. The second-order valence-corrected chi connectivity index (χ2v) is 4.05. The van der Waals surface area contributed by atoms with Crippen LogP contribution in [-0.4, -0.2) is 9.78 Å². The molecule has 1 aromatic heterocycles. The molecule has 0 saturated carbocycles. The van der Waals surface area contributed by atoms with E-state index in [1.165, 1.54) is 16.7 Å². The zero-order chi connectivity index (χ0) is 11.4. The Morgan fingerprint density at radius 2 is 2.06 bits per heavy atom. The molecule has 3 heteroatoms. The van der Waals surface area contributed by atoms with E-state index in [1.54, 1.807) is 0 Å². The Hall–Kier alpha value is -1.61. The van der Waals surface area contributed by atoms with Gasteiger partial charge in [-0.25, -0.2) is 0 Å². The van der Waals surface area contributed by atoms with Gasteiger partial charge in [-0.15, -0.1) is 0 Å². The highest BCUT2D eigenvalue weighted by molar-refractivity contribution is 5.25. The van der Waals surface area contributed by atoms with Gasteiger partial charge in [0.2, 0.25) is 0 Å². The third-order valence-electron chi connectivity index (χ3n) is 2.66. The molecule has 2 rings (SSSR count). The van der Waals surface area contributed by atoms with Gasteiger partial charge in [0.05, 0.1) is 6.20 Å². The molecule has 0 fully saturated rings. The number of rotatable bonds is 4. The summed E-state index contributed by atoms with van der Waals surface area (Å²) < 4.78 is 1.82. The molecule has 0 aliphatic rings. The van der Waals surface area contributed by atoms with E-state index in [9.17, 15) is 0 Å². The van der Waals surface area contributed by atoms with Crippen molar-refractivity contribution in [1.29, 1.82) is 0 Å². The molecule has 0 bridgehead atoms. The molecule has 1 heterocycles. The van der Waals surface area contributed by atoms with Crippen molar-refractivity contribution >= 4 is 0 Å². The highest BCUT2D eigenvalue weighted by Gasteiger charge is 1.98. The van der Waals surface area contributed by atoms with E-state index in [0.717, 1.165) is 13.1 Å². The van der Waals surface area contributed by atoms with Gasteiger partial charge >= 0.3 is 0 Å². The molecule has 0 saturated heterocycles. The van der Waals surface area contributed by atoms with Crippen molar-refractivity contribution in [1.82, 2.24) is 15.1 Å². The summed E-state index contributed by atoms with van der Waals surface area (Å²) in [4.78, 5) is 0. The summed E-state index contributed by atoms with van der Waals surface area (Å²) in [5, 5.41) is 7.56. The van der Waals surface area contributed by atoms with Crippen molar-refractivity contribution in [3.63, 3.8) is 0 Å². The van der Waals surface area contributed by atoms with Crippen molar-refractivity contribution in [3.8, 4) is 0 Å². The largest absolute Gasteiger partial charge is 0.308 e. The average molecular weight is 215 g/mol. The van der Waals surface area contributed by atoms with Gasteiger partial charge in [-0.1, -0.05) is 24.3 Å². The van der Waals surface area contributed by atoms with Crippen molar-refractivity contribution in [3.05, 3.63) is 53.3 Å². The fourth-order valence-electron chi connectivity index (χ4n) is 1.71. The van der Waals surface area contributed by atoms with Gasteiger partial charge in [0.25, 0.3) is 0 Å². The number of nitrogens with zero attached hydrogens (tertiary/aromatic N) is 2. The predicted octanol–water partition coefficient (Wildman–Crippen LogP) is 2.02. The van der Waals surface area contributed by atoms with Gasteiger partial charge in [-0.05, 0) is 18.1 Å². The molecule has 0 aliphatic heterocycles. The molecule has 0 aliphatic carbocycles. The van der Waals surface area contributed by atoms with Gasteiger partial charge in [0.15, 0.2) is 0 Å². The van der Waals surface area contributed by atoms with E-state index in [1.807, 2.05) is 24.1 Å². The van der Waals surface area contributed by atoms with Crippen LogP contribution in [0.3, 0.4) is 0 Å². The van der Waals surface area contributed by atoms with Crippen molar-refractivity contribution in [2.45, 2.75) is 20.0 Å². The highest BCUT2D eigenvalue weighted by Crippen LogP contribution is 2.06. The van der Waals surface area contributed by atoms with Crippen LogP contribution in [0.1, 0.15) is 16.7 Å². The molecule has 84 valence electrons. The Bertz CT molecular complexity index is 460. The zero-order valence-electron chi connectivity index (χ0n) is 9.77. The lowest BCUT2D eigenvalue weighted by molar-refractivity contribution is 0.689. The summed E-state index contributed by atoms with van der Waals surface area (Å²) >= 11 is 0. The fraction of sp³-hybridized carbons (Fsp3) is 0.308. The maximum Gasteiger partial charge on any atom is 0.0534 e. The Kier molecular flexibility index (Phi) is 3.37. The lowest BCUT2D eigenvalue weighted by atomic mass is 10.1. The summed E-state index contributed by atoms with van der Waals surface area (Å²) in [7, 11) is 1.94. The normalized spacial score (nSPS) is 10.6. The van der Waals surface area contributed by atoms with Crippen molar-refractivity contribution in [2.75, 3.05) is 0 Å². The molecule has 1 aromatic carbocycles. The summed E-state index contributed by atoms with van der Waals surface area (Å²) in [5.74, 6) is 0. The molecule has 3 nitrogen and oxygen atoms in total. The van der Waals surface area contributed by atoms with E-state index < -0.39 is 0 Å². The van der Waals surface area contributed by atoms with E-state index in [0.29, 0.717) is 0 Å². The minimum atomic E-state index is 0.863. The first kappa shape index (κ1) is 10.9. The maximum atomic E-state index is 4.14. The van der Waals surface area contributed by atoms with Crippen LogP contribution in [0.15, 0.2) is 36.7 Å². The van der Waals surface area contributed by atoms with Crippen LogP contribution in [0.5, 0.6) is 0 Å². The minimum Gasteiger partial charge on any atom is -0.308 e. The topological polar surface area (TPSA) is 29.9 Å². The number of nitrogens with one attached hydrogen (secondary N) is 1. The second kappa shape index (κ2) is 4.94. The van der Waals surface area contributed by atoms with Crippen molar-refractivity contribution in [2.24, 2.45) is 7.05 Å². The summed E-state index contributed by atoms with van der Waals surface area (Å²) in [6, 6.07) is 8.45. The first-order valence-electron chi connectivity index (χ1n) is 5.48. The number of hydrogen-bond acceptors (Lipinski definition) is 2. The van der Waals surface area contributed by atoms with Gasteiger partial charge in [-0.3, -0.25) is 4.68 Å². The summed E-state index contributed by atoms with van der Waals surface area (Å²) in [5.41, 5.74) is 3.91. The van der Waals surface area contributed by atoms with E-state index >= 15 is 0 Å². The summed E-state index contributed by atoms with van der Waals surface area (Å²) in [6.07, 6.45) is 3.93. The van der Waals surface area contributed by atoms with Crippen LogP contribution >= 0.6 is 0 Å². The van der Waals surface area contributed by atoms with Crippen LogP contribution in [0.25, 0.3) is 0 Å². The molecule has 16 heavy (non-hydrogen) atoms. The maximum absolute atomic E-state index is 4.14. The quantitative estimate of drug-likeness (QED) is 0.845. The van der Waals surface area contributed by atoms with Crippen LogP contribution in [0, 0.1) is 6.92 Å². The lowest BCUT2D eigenvalue weighted by Crippen LogP contribution is -2.13. The molecular weight excluding hydrogens is 198 g/mol. The minimum absolute atomic E-state index is 0.863. The van der Waals surface area contributed by atoms with Crippen LogP contribution < -0.4 is 5.32 Å². The van der Waals surface area contributed by atoms with Gasteiger partial charge < -0.3 is 5.32 Å².